The molecule has 0 aliphatic rings. The van der Waals surface area contributed by atoms with E-state index in [0.717, 1.165) is 32.7 Å². The van der Waals surface area contributed by atoms with Crippen LogP contribution >= 0.6 is 15.9 Å². The smallest absolute Gasteiger partial charge is 0.244 e. The number of nitrogens with zero attached hydrogens (tertiary/aromatic N) is 2. The van der Waals surface area contributed by atoms with Gasteiger partial charge in [-0.2, -0.15) is 0 Å². The van der Waals surface area contributed by atoms with E-state index in [-0.39, 0.29) is 18.1 Å². The molecule has 0 aliphatic heterocycles. The largest absolute Gasteiger partial charge is 0.350 e. The van der Waals surface area contributed by atoms with Crippen molar-refractivity contribution >= 4 is 43.5 Å². The van der Waals surface area contributed by atoms with Crippen molar-refractivity contribution in [1.82, 2.24) is 10.2 Å². The van der Waals surface area contributed by atoms with Gasteiger partial charge in [-0.3, -0.25) is 13.9 Å². The second-order valence-electron chi connectivity index (χ2n) is 8.81. The quantitative estimate of drug-likeness (QED) is 0.552. The van der Waals surface area contributed by atoms with E-state index in [4.69, 9.17) is 0 Å². The maximum atomic E-state index is 13.4. The lowest BCUT2D eigenvalue weighted by molar-refractivity contribution is -0.140. The molecule has 0 aromatic heterocycles. The van der Waals surface area contributed by atoms with Gasteiger partial charge in [-0.1, -0.05) is 28.1 Å². The van der Waals surface area contributed by atoms with Crippen LogP contribution in [0.25, 0.3) is 0 Å². The predicted molar refractivity (Wildman–Crippen MR) is 131 cm³/mol. The summed E-state index contributed by atoms with van der Waals surface area (Å²) in [5.41, 5.74) is 0.408. The Bertz CT molecular complexity index is 1100. The highest BCUT2D eigenvalue weighted by molar-refractivity contribution is 9.10. The van der Waals surface area contributed by atoms with Gasteiger partial charge in [0.05, 0.1) is 11.9 Å². The molecule has 10 heteroatoms. The van der Waals surface area contributed by atoms with E-state index in [1.54, 1.807) is 6.92 Å². The van der Waals surface area contributed by atoms with Crippen molar-refractivity contribution in [2.45, 2.75) is 45.8 Å². The molecule has 0 aliphatic carbocycles. The van der Waals surface area contributed by atoms with Crippen molar-refractivity contribution in [3.05, 3.63) is 64.4 Å². The number of carbonyl (C=O) groups excluding carboxylic acids is 2. The third-order valence-electron chi connectivity index (χ3n) is 4.70. The summed E-state index contributed by atoms with van der Waals surface area (Å²) in [7, 11) is -3.86. The van der Waals surface area contributed by atoms with Crippen LogP contribution in [0, 0.1) is 5.82 Å². The Kier molecular flexibility index (Phi) is 8.64. The van der Waals surface area contributed by atoms with E-state index in [1.807, 2.05) is 45.0 Å². The molecular formula is C23H29BrFN3O4S. The molecule has 7 nitrogen and oxygen atoms in total. The standard InChI is InChI=1S/C23H29BrFN3O4S/c1-16(22(30)26-23(2,3)4)27(14-17-7-6-8-18(24)13-17)21(29)15-28(33(5,31)32)20-11-9-19(25)10-12-20/h6-13,16H,14-15H2,1-5H3,(H,26,30)/t16-/m1/s1. The van der Waals surface area contributed by atoms with Crippen LogP contribution in [0.2, 0.25) is 0 Å². The molecule has 0 saturated carbocycles. The molecule has 2 aromatic carbocycles. The van der Waals surface area contributed by atoms with Crippen molar-refractivity contribution < 1.29 is 22.4 Å². The Morgan fingerprint density at radius 2 is 1.73 bits per heavy atom. The number of amides is 2. The SMILES string of the molecule is C[C@H](C(=O)NC(C)(C)C)N(Cc1cccc(Br)c1)C(=O)CN(c1ccc(F)cc1)S(C)(=O)=O. The Morgan fingerprint density at radius 1 is 1.12 bits per heavy atom. The Labute approximate surface area is 203 Å². The summed E-state index contributed by atoms with van der Waals surface area (Å²) in [5.74, 6) is -1.46. The van der Waals surface area contributed by atoms with Crippen molar-refractivity contribution in [3.63, 3.8) is 0 Å². The molecule has 1 N–H and O–H groups in total. The average molecular weight is 542 g/mol. The van der Waals surface area contributed by atoms with Crippen LogP contribution < -0.4 is 9.62 Å². The van der Waals surface area contributed by atoms with Crippen LogP contribution in [-0.4, -0.2) is 49.5 Å². The maximum absolute atomic E-state index is 13.4. The van der Waals surface area contributed by atoms with Crippen molar-refractivity contribution in [2.75, 3.05) is 17.1 Å². The third kappa shape index (κ3) is 8.12. The van der Waals surface area contributed by atoms with Gasteiger partial charge in [-0.05, 0) is 69.7 Å². The minimum Gasteiger partial charge on any atom is -0.350 e. The highest BCUT2D eigenvalue weighted by Gasteiger charge is 2.31. The fourth-order valence-electron chi connectivity index (χ4n) is 3.11. The van der Waals surface area contributed by atoms with Crippen molar-refractivity contribution in [2.24, 2.45) is 0 Å². The highest BCUT2D eigenvalue weighted by atomic mass is 79.9. The summed E-state index contributed by atoms with van der Waals surface area (Å²) in [6.45, 7) is 6.65. The number of carbonyl (C=O) groups is 2. The van der Waals surface area contributed by atoms with Gasteiger partial charge in [0.2, 0.25) is 21.8 Å². The maximum Gasteiger partial charge on any atom is 0.244 e. The summed E-state index contributed by atoms with van der Waals surface area (Å²) in [6, 6.07) is 11.2. The molecule has 0 radical (unpaired) electrons. The van der Waals surface area contributed by atoms with Gasteiger partial charge in [0, 0.05) is 16.6 Å². The van der Waals surface area contributed by atoms with Crippen molar-refractivity contribution in [1.29, 1.82) is 0 Å². The molecule has 0 unspecified atom stereocenters. The molecule has 1 atom stereocenters. The van der Waals surface area contributed by atoms with Gasteiger partial charge >= 0.3 is 0 Å². The molecule has 0 spiro atoms. The van der Waals surface area contributed by atoms with Crippen LogP contribution in [0.15, 0.2) is 53.0 Å². The Balaban J connectivity index is 2.39. The number of rotatable bonds is 8. The number of halogens is 2. The van der Waals surface area contributed by atoms with Gasteiger partial charge in [-0.15, -0.1) is 0 Å². The first kappa shape index (κ1) is 26.8. The lowest BCUT2D eigenvalue weighted by atomic mass is 10.1. The lowest BCUT2D eigenvalue weighted by Gasteiger charge is -2.33. The van der Waals surface area contributed by atoms with Crippen LogP contribution in [0.4, 0.5) is 10.1 Å². The highest BCUT2D eigenvalue weighted by Crippen LogP contribution is 2.20. The molecule has 0 fully saturated rings. The van der Waals surface area contributed by atoms with E-state index in [0.29, 0.717) is 0 Å². The molecule has 180 valence electrons. The number of hydrogen-bond donors (Lipinski definition) is 1. The zero-order chi connectivity index (χ0) is 25.0. The zero-order valence-electron chi connectivity index (χ0n) is 19.3. The second-order valence-corrected chi connectivity index (χ2v) is 11.6. The molecular weight excluding hydrogens is 513 g/mol. The van der Waals surface area contributed by atoms with Gasteiger partial charge < -0.3 is 10.2 Å². The summed E-state index contributed by atoms with van der Waals surface area (Å²) < 4.78 is 39.9. The summed E-state index contributed by atoms with van der Waals surface area (Å²) in [6.07, 6.45) is 0.970. The third-order valence-corrected chi connectivity index (χ3v) is 6.34. The van der Waals surface area contributed by atoms with Gasteiger partial charge in [-0.25, -0.2) is 12.8 Å². The fourth-order valence-corrected chi connectivity index (χ4v) is 4.41. The lowest BCUT2D eigenvalue weighted by Crippen LogP contribution is -2.54. The summed E-state index contributed by atoms with van der Waals surface area (Å²) >= 11 is 3.40. The Morgan fingerprint density at radius 3 is 2.24 bits per heavy atom. The first-order valence-electron chi connectivity index (χ1n) is 10.3. The van der Waals surface area contributed by atoms with Crippen LogP contribution in [0.3, 0.4) is 0 Å². The summed E-state index contributed by atoms with van der Waals surface area (Å²) in [5, 5.41) is 2.86. The normalized spacial score (nSPS) is 12.7. The van der Waals surface area contributed by atoms with E-state index in [2.05, 4.69) is 21.2 Å². The van der Waals surface area contributed by atoms with Gasteiger partial charge in [0.15, 0.2) is 0 Å². The van der Waals surface area contributed by atoms with E-state index >= 15 is 0 Å². The summed E-state index contributed by atoms with van der Waals surface area (Å²) in [4.78, 5) is 27.6. The first-order valence-corrected chi connectivity index (χ1v) is 12.9. The molecule has 33 heavy (non-hydrogen) atoms. The second kappa shape index (κ2) is 10.6. The average Bonchev–Trinajstić information content (AvgIpc) is 2.68. The van der Waals surface area contributed by atoms with Gasteiger partial charge in [0.25, 0.3) is 0 Å². The van der Waals surface area contributed by atoms with Crippen LogP contribution in [0.1, 0.15) is 33.3 Å². The van der Waals surface area contributed by atoms with Crippen LogP contribution in [0.5, 0.6) is 0 Å². The minimum absolute atomic E-state index is 0.0953. The monoisotopic (exact) mass is 541 g/mol. The fraction of sp³-hybridized carbons (Fsp3) is 0.391. The zero-order valence-corrected chi connectivity index (χ0v) is 21.7. The van der Waals surface area contributed by atoms with Gasteiger partial charge in [0.1, 0.15) is 18.4 Å². The number of benzene rings is 2. The number of anilines is 1. The first-order chi connectivity index (χ1) is 15.2. The topological polar surface area (TPSA) is 86.8 Å². The molecule has 2 amide bonds. The molecule has 0 bridgehead atoms. The molecule has 0 saturated heterocycles. The Hall–Kier alpha value is -2.46. The van der Waals surface area contributed by atoms with Crippen LogP contribution in [-0.2, 0) is 26.2 Å². The minimum atomic E-state index is -3.86. The number of nitrogens with one attached hydrogen (secondary N) is 1. The number of sulfonamides is 1. The van der Waals surface area contributed by atoms with E-state index in [1.165, 1.54) is 17.0 Å². The van der Waals surface area contributed by atoms with E-state index in [9.17, 15) is 22.4 Å². The molecule has 2 aromatic rings. The number of hydrogen-bond acceptors (Lipinski definition) is 4. The van der Waals surface area contributed by atoms with E-state index < -0.39 is 39.9 Å². The molecule has 0 heterocycles. The predicted octanol–water partition coefficient (Wildman–Crippen LogP) is 3.69. The van der Waals surface area contributed by atoms with Crippen molar-refractivity contribution in [3.8, 4) is 0 Å². The molecule has 2 rings (SSSR count).